The summed E-state index contributed by atoms with van der Waals surface area (Å²) in [5, 5.41) is 5.93. The minimum absolute atomic E-state index is 0.174. The molecular weight excluding hydrogens is 388 g/mol. The van der Waals surface area contributed by atoms with Crippen molar-refractivity contribution in [1.29, 1.82) is 0 Å². The Morgan fingerprint density at radius 3 is 2.42 bits per heavy atom. The fourth-order valence-electron chi connectivity index (χ4n) is 4.81. The van der Waals surface area contributed by atoms with Gasteiger partial charge in [-0.05, 0) is 56.2 Å². The number of nitrogens with one attached hydrogen (secondary N) is 2. The molecule has 3 atom stereocenters. The van der Waals surface area contributed by atoms with Gasteiger partial charge in [0.15, 0.2) is 0 Å². The Labute approximate surface area is 187 Å². The minimum Gasteiger partial charge on any atom is -0.340 e. The van der Waals surface area contributed by atoms with E-state index < -0.39 is 0 Å². The molecule has 1 saturated heterocycles. The minimum atomic E-state index is -0.174. The number of hydrogen-bond acceptors (Lipinski definition) is 3. The second-order valence-electron chi connectivity index (χ2n) is 9.50. The first-order valence-corrected chi connectivity index (χ1v) is 11.6. The van der Waals surface area contributed by atoms with Crippen LogP contribution in [0, 0.1) is 23.7 Å². The molecule has 6 heteroatoms. The van der Waals surface area contributed by atoms with Gasteiger partial charge < -0.3 is 20.4 Å². The molecule has 0 unspecified atom stereocenters. The van der Waals surface area contributed by atoms with Crippen LogP contribution in [0.1, 0.15) is 33.6 Å². The van der Waals surface area contributed by atoms with Gasteiger partial charge in [-0.1, -0.05) is 43.7 Å². The number of carbonyl (C=O) groups excluding carboxylic acids is 2. The maximum absolute atomic E-state index is 12.9. The Morgan fingerprint density at radius 2 is 1.77 bits per heavy atom. The maximum Gasteiger partial charge on any atom is 0.319 e. The number of likely N-dealkylation sites (N-methyl/N-ethyl adjacent to an activating group) is 1. The van der Waals surface area contributed by atoms with E-state index in [1.54, 1.807) is 0 Å². The van der Waals surface area contributed by atoms with Gasteiger partial charge in [0.25, 0.3) is 0 Å². The van der Waals surface area contributed by atoms with Crippen LogP contribution in [-0.4, -0.2) is 61.5 Å². The average Bonchev–Trinajstić information content (AvgIpc) is 2.74. The largest absolute Gasteiger partial charge is 0.340 e. The molecule has 170 valence electrons. The van der Waals surface area contributed by atoms with Crippen LogP contribution in [0.5, 0.6) is 0 Å². The summed E-state index contributed by atoms with van der Waals surface area (Å²) in [5.41, 5.74) is 2.08. The van der Waals surface area contributed by atoms with Crippen LogP contribution in [0.4, 0.5) is 10.5 Å². The van der Waals surface area contributed by atoms with E-state index in [-0.39, 0.29) is 17.9 Å². The number of anilines is 1. The lowest BCUT2D eigenvalue weighted by Gasteiger charge is -2.38. The Bertz CT molecular complexity index is 769. The lowest BCUT2D eigenvalue weighted by Crippen LogP contribution is -2.47. The molecule has 3 amide bonds. The zero-order chi connectivity index (χ0) is 22.4. The van der Waals surface area contributed by atoms with Gasteiger partial charge in [-0.3, -0.25) is 4.79 Å². The van der Waals surface area contributed by atoms with Crippen molar-refractivity contribution in [3.8, 4) is 0 Å². The first-order chi connectivity index (χ1) is 14.8. The predicted molar refractivity (Wildman–Crippen MR) is 126 cm³/mol. The lowest BCUT2D eigenvalue weighted by atomic mass is 9.69. The number of carbonyl (C=O) groups is 2. The van der Waals surface area contributed by atoms with Crippen molar-refractivity contribution in [2.45, 2.75) is 33.6 Å². The molecule has 1 heterocycles. The third-order valence-electron chi connectivity index (χ3n) is 6.89. The van der Waals surface area contributed by atoms with Crippen LogP contribution < -0.4 is 10.6 Å². The summed E-state index contributed by atoms with van der Waals surface area (Å²) < 4.78 is 0. The summed E-state index contributed by atoms with van der Waals surface area (Å²) in [5.74, 6) is 1.82. The number of benzene rings is 1. The highest BCUT2D eigenvalue weighted by Crippen LogP contribution is 2.39. The van der Waals surface area contributed by atoms with Gasteiger partial charge in [-0.2, -0.15) is 0 Å². The smallest absolute Gasteiger partial charge is 0.319 e. The first kappa shape index (κ1) is 23.3. The number of piperazine rings is 1. The molecule has 0 radical (unpaired) electrons. The molecule has 3 rings (SSSR count). The number of para-hydroxylation sites is 1. The van der Waals surface area contributed by atoms with Crippen molar-refractivity contribution in [3.05, 3.63) is 42.0 Å². The Balaban J connectivity index is 1.57. The van der Waals surface area contributed by atoms with Crippen LogP contribution in [0.15, 0.2) is 42.0 Å². The van der Waals surface area contributed by atoms with Gasteiger partial charge in [0, 0.05) is 44.8 Å². The number of hydrogen-bond donors (Lipinski definition) is 2. The fourth-order valence-corrected chi connectivity index (χ4v) is 4.81. The topological polar surface area (TPSA) is 64.7 Å². The maximum atomic E-state index is 12.9. The number of urea groups is 1. The van der Waals surface area contributed by atoms with Gasteiger partial charge in [0.2, 0.25) is 5.91 Å². The normalized spacial score (nSPS) is 24.6. The molecule has 0 saturated carbocycles. The van der Waals surface area contributed by atoms with E-state index in [4.69, 9.17) is 0 Å². The highest BCUT2D eigenvalue weighted by atomic mass is 16.2. The van der Waals surface area contributed by atoms with Crippen molar-refractivity contribution >= 4 is 17.6 Å². The SMILES string of the molecule is CC1=C[C@@H](CNC(=O)Nc2ccccc2)[C@H](C(C)C)C[C@H]1CC(=O)N1CCN(C)CC1. The van der Waals surface area contributed by atoms with Crippen molar-refractivity contribution in [1.82, 2.24) is 15.1 Å². The monoisotopic (exact) mass is 426 g/mol. The zero-order valence-corrected chi connectivity index (χ0v) is 19.4. The molecular formula is C25H38N4O2. The quantitative estimate of drug-likeness (QED) is 0.680. The van der Waals surface area contributed by atoms with Crippen LogP contribution in [-0.2, 0) is 4.79 Å². The summed E-state index contributed by atoms with van der Waals surface area (Å²) >= 11 is 0. The highest BCUT2D eigenvalue weighted by molar-refractivity contribution is 5.89. The summed E-state index contributed by atoms with van der Waals surface area (Å²) in [4.78, 5) is 29.5. The van der Waals surface area contributed by atoms with Gasteiger partial charge >= 0.3 is 6.03 Å². The average molecular weight is 427 g/mol. The highest BCUT2D eigenvalue weighted by Gasteiger charge is 2.33. The molecule has 2 N–H and O–H groups in total. The number of nitrogens with zero attached hydrogens (tertiary/aromatic N) is 2. The van der Waals surface area contributed by atoms with Crippen LogP contribution in [0.2, 0.25) is 0 Å². The fraction of sp³-hybridized carbons (Fsp3) is 0.600. The van der Waals surface area contributed by atoms with E-state index in [1.165, 1.54) is 5.57 Å². The number of amides is 3. The molecule has 6 nitrogen and oxygen atoms in total. The Hall–Kier alpha value is -2.34. The van der Waals surface area contributed by atoms with Gasteiger partial charge in [0.1, 0.15) is 0 Å². The van der Waals surface area contributed by atoms with Gasteiger partial charge in [-0.15, -0.1) is 0 Å². The van der Waals surface area contributed by atoms with Gasteiger partial charge in [0.05, 0.1) is 0 Å². The third kappa shape index (κ3) is 6.57. The number of rotatable bonds is 6. The molecule has 1 aromatic rings. The molecule has 1 aromatic carbocycles. The van der Waals surface area contributed by atoms with E-state index in [2.05, 4.69) is 49.4 Å². The lowest BCUT2D eigenvalue weighted by molar-refractivity contribution is -0.133. The molecule has 1 fully saturated rings. The van der Waals surface area contributed by atoms with E-state index in [9.17, 15) is 9.59 Å². The molecule has 1 aliphatic heterocycles. The van der Waals surface area contributed by atoms with E-state index >= 15 is 0 Å². The summed E-state index contributed by atoms with van der Waals surface area (Å²) in [6, 6.07) is 9.32. The first-order valence-electron chi connectivity index (χ1n) is 11.6. The van der Waals surface area contributed by atoms with Crippen LogP contribution >= 0.6 is 0 Å². The van der Waals surface area contributed by atoms with Gasteiger partial charge in [-0.25, -0.2) is 4.79 Å². The van der Waals surface area contributed by atoms with Crippen molar-refractivity contribution in [2.75, 3.05) is 45.1 Å². The third-order valence-corrected chi connectivity index (χ3v) is 6.89. The molecule has 1 aliphatic carbocycles. The zero-order valence-electron chi connectivity index (χ0n) is 19.4. The second kappa shape index (κ2) is 10.8. The molecule has 0 spiro atoms. The van der Waals surface area contributed by atoms with E-state index in [0.717, 1.165) is 38.3 Å². The predicted octanol–water partition coefficient (Wildman–Crippen LogP) is 3.83. The Morgan fingerprint density at radius 1 is 1.10 bits per heavy atom. The summed E-state index contributed by atoms with van der Waals surface area (Å²) in [6.07, 6.45) is 3.91. The molecule has 0 aromatic heterocycles. The molecule has 0 bridgehead atoms. The van der Waals surface area contributed by atoms with E-state index in [0.29, 0.717) is 30.7 Å². The van der Waals surface area contributed by atoms with Crippen LogP contribution in [0.3, 0.4) is 0 Å². The molecule has 2 aliphatic rings. The standard InChI is InChI=1S/C25H38N4O2/c1-18(2)23-15-20(16-24(30)29-12-10-28(4)11-13-29)19(3)14-21(23)17-26-25(31)27-22-8-6-5-7-9-22/h5-9,14,18,20-21,23H,10-13,15-17H2,1-4H3,(H2,26,27,31)/t20-,21-,23-/m0/s1. The number of allylic oxidation sites excluding steroid dienone is 1. The summed E-state index contributed by atoms with van der Waals surface area (Å²) in [7, 11) is 2.11. The van der Waals surface area contributed by atoms with Crippen molar-refractivity contribution in [2.24, 2.45) is 23.7 Å². The van der Waals surface area contributed by atoms with Crippen molar-refractivity contribution < 1.29 is 9.59 Å². The second-order valence-corrected chi connectivity index (χ2v) is 9.50. The molecule has 31 heavy (non-hydrogen) atoms. The van der Waals surface area contributed by atoms with E-state index in [1.807, 2.05) is 35.2 Å². The van der Waals surface area contributed by atoms with Crippen molar-refractivity contribution in [3.63, 3.8) is 0 Å². The van der Waals surface area contributed by atoms with Crippen LogP contribution in [0.25, 0.3) is 0 Å². The Kier molecular flexibility index (Phi) is 8.13. The summed E-state index contributed by atoms with van der Waals surface area (Å²) in [6.45, 7) is 10.8.